The molecular weight excluding hydrogens is 297 g/mol. The first kappa shape index (κ1) is 13.6. The zero-order valence-corrected chi connectivity index (χ0v) is 11.5. The molecule has 2 saturated heterocycles. The summed E-state index contributed by atoms with van der Waals surface area (Å²) in [7, 11) is 0. The predicted molar refractivity (Wildman–Crippen MR) is 71.1 cm³/mol. The van der Waals surface area contributed by atoms with Gasteiger partial charge in [-0.3, -0.25) is 4.79 Å². The number of piperidine rings is 1. The second-order valence-corrected chi connectivity index (χ2v) is 6.08. The summed E-state index contributed by atoms with van der Waals surface area (Å²) in [4.78, 5) is 27.5. The lowest BCUT2D eigenvalue weighted by Gasteiger charge is -2.25. The van der Waals surface area contributed by atoms with Crippen molar-refractivity contribution in [3.05, 3.63) is 29.8 Å². The molecular formula is C15H13F3N2O2. The monoisotopic (exact) mass is 310 g/mol. The van der Waals surface area contributed by atoms with Crippen molar-refractivity contribution in [2.45, 2.75) is 37.5 Å². The standard InChI is InChI=1S/C15H13F3N2O2/c16-15(17,18)9-2-1-3-10(7-9)20-13(21)12-8-4-5-11(6-8)19(12)14(20)22/h1-3,7-8,11-12H,4-6H2/t8-,11+,12-/m0/s1. The van der Waals surface area contributed by atoms with Crippen LogP contribution < -0.4 is 4.90 Å². The second kappa shape index (κ2) is 4.24. The van der Waals surface area contributed by atoms with Crippen LogP contribution in [0.25, 0.3) is 0 Å². The summed E-state index contributed by atoms with van der Waals surface area (Å²) in [6.45, 7) is 0. The number of halogens is 3. The molecule has 0 N–H and O–H groups in total. The summed E-state index contributed by atoms with van der Waals surface area (Å²) >= 11 is 0. The van der Waals surface area contributed by atoms with E-state index in [1.165, 1.54) is 12.1 Å². The van der Waals surface area contributed by atoms with Gasteiger partial charge in [0, 0.05) is 6.04 Å². The van der Waals surface area contributed by atoms with Crippen molar-refractivity contribution >= 4 is 17.6 Å². The Balaban J connectivity index is 1.72. The summed E-state index contributed by atoms with van der Waals surface area (Å²) in [5.41, 5.74) is -0.862. The molecule has 3 aliphatic rings. The maximum atomic E-state index is 12.8. The number of hydrogen-bond acceptors (Lipinski definition) is 2. The number of imide groups is 1. The van der Waals surface area contributed by atoms with E-state index in [0.717, 1.165) is 36.3 Å². The third kappa shape index (κ3) is 1.71. The van der Waals surface area contributed by atoms with Crippen molar-refractivity contribution in [2.24, 2.45) is 5.92 Å². The zero-order valence-electron chi connectivity index (χ0n) is 11.5. The molecule has 2 aliphatic heterocycles. The summed E-state index contributed by atoms with van der Waals surface area (Å²) in [6.07, 6.45) is -1.90. The predicted octanol–water partition coefficient (Wildman–Crippen LogP) is 3.02. The van der Waals surface area contributed by atoms with Crippen LogP contribution in [0.5, 0.6) is 0 Å². The number of urea groups is 1. The van der Waals surface area contributed by atoms with E-state index in [-0.39, 0.29) is 17.6 Å². The number of fused-ring (bicyclic) bond motifs is 5. The topological polar surface area (TPSA) is 40.6 Å². The Morgan fingerprint density at radius 3 is 2.59 bits per heavy atom. The van der Waals surface area contributed by atoms with E-state index in [0.29, 0.717) is 0 Å². The van der Waals surface area contributed by atoms with Gasteiger partial charge in [-0.05, 0) is 43.4 Å². The summed E-state index contributed by atoms with van der Waals surface area (Å²) in [5, 5.41) is 0. The minimum Gasteiger partial charge on any atom is -0.309 e. The first-order valence-corrected chi connectivity index (χ1v) is 7.21. The molecule has 1 aromatic rings. The SMILES string of the molecule is O=C1[C@@H]2[C@H]3CC[C@H](C3)N2C(=O)N1c1cccc(C(F)(F)F)c1. The van der Waals surface area contributed by atoms with Crippen molar-refractivity contribution < 1.29 is 22.8 Å². The zero-order chi connectivity index (χ0) is 15.6. The van der Waals surface area contributed by atoms with Gasteiger partial charge in [-0.2, -0.15) is 13.2 Å². The van der Waals surface area contributed by atoms with Gasteiger partial charge in [0.15, 0.2) is 0 Å². The minimum absolute atomic E-state index is 0.00127. The Labute approximate surface area is 124 Å². The van der Waals surface area contributed by atoms with E-state index < -0.39 is 29.7 Å². The largest absolute Gasteiger partial charge is 0.416 e. The number of alkyl halides is 3. The molecule has 116 valence electrons. The fourth-order valence-electron chi connectivity index (χ4n) is 3.98. The van der Waals surface area contributed by atoms with Crippen LogP contribution in [0.2, 0.25) is 0 Å². The molecule has 0 aromatic heterocycles. The van der Waals surface area contributed by atoms with Gasteiger partial charge in [0.25, 0.3) is 5.91 Å². The van der Waals surface area contributed by atoms with Crippen LogP contribution >= 0.6 is 0 Å². The molecule has 4 rings (SSSR count). The summed E-state index contributed by atoms with van der Waals surface area (Å²) in [5.74, 6) is -0.242. The number of amides is 3. The highest BCUT2D eigenvalue weighted by Crippen LogP contribution is 2.47. The highest BCUT2D eigenvalue weighted by Gasteiger charge is 2.59. The fraction of sp³-hybridized carbons (Fsp3) is 0.467. The third-order valence-electron chi connectivity index (χ3n) is 4.90. The molecule has 2 heterocycles. The van der Waals surface area contributed by atoms with E-state index in [2.05, 4.69) is 0 Å². The smallest absolute Gasteiger partial charge is 0.309 e. The van der Waals surface area contributed by atoms with E-state index in [1.807, 2.05) is 0 Å². The number of rotatable bonds is 1. The highest BCUT2D eigenvalue weighted by molar-refractivity contribution is 6.22. The molecule has 3 amide bonds. The Hall–Kier alpha value is -2.05. The maximum absolute atomic E-state index is 12.8. The fourth-order valence-corrected chi connectivity index (χ4v) is 3.98. The van der Waals surface area contributed by atoms with Crippen LogP contribution in [-0.4, -0.2) is 28.9 Å². The summed E-state index contributed by atoms with van der Waals surface area (Å²) < 4.78 is 38.4. The Kier molecular flexibility index (Phi) is 2.62. The molecule has 1 aliphatic carbocycles. The maximum Gasteiger partial charge on any atom is 0.416 e. The lowest BCUT2D eigenvalue weighted by atomic mass is 9.99. The van der Waals surface area contributed by atoms with Crippen LogP contribution in [0.15, 0.2) is 24.3 Å². The van der Waals surface area contributed by atoms with E-state index in [9.17, 15) is 22.8 Å². The quantitative estimate of drug-likeness (QED) is 0.748. The third-order valence-corrected chi connectivity index (χ3v) is 4.90. The minimum atomic E-state index is -4.50. The molecule has 3 fully saturated rings. The molecule has 0 radical (unpaired) electrons. The lowest BCUT2D eigenvalue weighted by Crippen LogP contribution is -2.40. The van der Waals surface area contributed by atoms with Gasteiger partial charge in [0.1, 0.15) is 6.04 Å². The summed E-state index contributed by atoms with van der Waals surface area (Å²) in [6, 6.07) is 3.47. The molecule has 4 nitrogen and oxygen atoms in total. The average molecular weight is 310 g/mol. The number of anilines is 1. The first-order chi connectivity index (χ1) is 10.4. The van der Waals surface area contributed by atoms with E-state index in [4.69, 9.17) is 0 Å². The van der Waals surface area contributed by atoms with Gasteiger partial charge in [-0.25, -0.2) is 9.69 Å². The molecule has 7 heteroatoms. The highest BCUT2D eigenvalue weighted by atomic mass is 19.4. The second-order valence-electron chi connectivity index (χ2n) is 6.08. The molecule has 3 atom stereocenters. The van der Waals surface area contributed by atoms with Crippen molar-refractivity contribution in [1.29, 1.82) is 0 Å². The van der Waals surface area contributed by atoms with Crippen LogP contribution in [0.4, 0.5) is 23.7 Å². The normalized spacial score (nSPS) is 30.4. The van der Waals surface area contributed by atoms with Gasteiger partial charge in [-0.15, -0.1) is 0 Å². The van der Waals surface area contributed by atoms with Gasteiger partial charge in [0.2, 0.25) is 0 Å². The van der Waals surface area contributed by atoms with Crippen molar-refractivity contribution in [3.8, 4) is 0 Å². The van der Waals surface area contributed by atoms with Crippen molar-refractivity contribution in [1.82, 2.24) is 4.90 Å². The van der Waals surface area contributed by atoms with Crippen molar-refractivity contribution in [2.75, 3.05) is 4.90 Å². The molecule has 22 heavy (non-hydrogen) atoms. The van der Waals surface area contributed by atoms with Gasteiger partial charge >= 0.3 is 12.2 Å². The van der Waals surface area contributed by atoms with Gasteiger partial charge in [-0.1, -0.05) is 6.07 Å². The van der Waals surface area contributed by atoms with Crippen LogP contribution in [0, 0.1) is 5.92 Å². The Morgan fingerprint density at radius 1 is 1.14 bits per heavy atom. The number of nitrogens with zero attached hydrogens (tertiary/aromatic N) is 2. The number of benzene rings is 1. The lowest BCUT2D eigenvalue weighted by molar-refractivity contribution is -0.137. The molecule has 1 aromatic carbocycles. The Bertz CT molecular complexity index is 645. The Morgan fingerprint density at radius 2 is 1.91 bits per heavy atom. The van der Waals surface area contributed by atoms with Gasteiger partial charge < -0.3 is 4.90 Å². The number of carbonyl (C=O) groups excluding carboxylic acids is 2. The molecule has 0 spiro atoms. The van der Waals surface area contributed by atoms with Crippen LogP contribution in [0.1, 0.15) is 24.8 Å². The first-order valence-electron chi connectivity index (χ1n) is 7.21. The van der Waals surface area contributed by atoms with E-state index >= 15 is 0 Å². The molecule has 0 unspecified atom stereocenters. The van der Waals surface area contributed by atoms with Crippen LogP contribution in [0.3, 0.4) is 0 Å². The van der Waals surface area contributed by atoms with Crippen LogP contribution in [-0.2, 0) is 11.0 Å². The van der Waals surface area contributed by atoms with Crippen molar-refractivity contribution in [3.63, 3.8) is 0 Å². The average Bonchev–Trinajstić information content (AvgIpc) is 3.12. The number of carbonyl (C=O) groups is 2. The molecule has 2 bridgehead atoms. The number of hydrogen-bond donors (Lipinski definition) is 0. The van der Waals surface area contributed by atoms with E-state index in [1.54, 1.807) is 4.90 Å². The van der Waals surface area contributed by atoms with Gasteiger partial charge in [0.05, 0.1) is 11.3 Å². The molecule has 1 saturated carbocycles.